The molecule has 0 radical (unpaired) electrons. The highest BCUT2D eigenvalue weighted by Crippen LogP contribution is 2.10. The monoisotopic (exact) mass is 540 g/mol. The Morgan fingerprint density at radius 1 is 0.974 bits per heavy atom. The van der Waals surface area contributed by atoms with Crippen LogP contribution in [0.25, 0.3) is 0 Å². The summed E-state index contributed by atoms with van der Waals surface area (Å²) in [5.41, 5.74) is 7.21. The molecule has 0 fully saturated rings. The van der Waals surface area contributed by atoms with Gasteiger partial charge in [-0.2, -0.15) is 0 Å². The molecular formula is C28H36N4O7. The number of carbonyl (C=O) groups excluding carboxylic acids is 4. The SMILES string of the molecule is CC(=O)ON=C(N)c1ccc(CNC(=O)C(CCCC(=O)OCc2ccccc2)NC(=O)OC(C)(C)C)cc1. The van der Waals surface area contributed by atoms with Crippen molar-refractivity contribution in [3.63, 3.8) is 0 Å². The second-order valence-electron chi connectivity index (χ2n) is 9.71. The Balaban J connectivity index is 1.93. The molecule has 4 N–H and O–H groups in total. The van der Waals surface area contributed by atoms with Crippen molar-refractivity contribution in [1.82, 2.24) is 10.6 Å². The maximum Gasteiger partial charge on any atom is 0.408 e. The van der Waals surface area contributed by atoms with Gasteiger partial charge in [-0.3, -0.25) is 9.59 Å². The van der Waals surface area contributed by atoms with Crippen LogP contribution in [-0.2, 0) is 41.8 Å². The lowest BCUT2D eigenvalue weighted by atomic mass is 10.1. The van der Waals surface area contributed by atoms with E-state index in [1.165, 1.54) is 6.92 Å². The van der Waals surface area contributed by atoms with Gasteiger partial charge in [0.05, 0.1) is 0 Å². The van der Waals surface area contributed by atoms with Crippen LogP contribution in [0.1, 0.15) is 63.6 Å². The number of alkyl carbamates (subject to hydrolysis) is 1. The van der Waals surface area contributed by atoms with E-state index in [1.54, 1.807) is 45.0 Å². The first-order valence-corrected chi connectivity index (χ1v) is 12.5. The molecule has 0 aliphatic rings. The van der Waals surface area contributed by atoms with Gasteiger partial charge in [-0.05, 0) is 44.7 Å². The molecule has 0 aliphatic heterocycles. The van der Waals surface area contributed by atoms with E-state index in [2.05, 4.69) is 20.6 Å². The Labute approximate surface area is 228 Å². The number of nitrogens with two attached hydrogens (primary N) is 1. The number of nitrogens with zero attached hydrogens (tertiary/aromatic N) is 1. The lowest BCUT2D eigenvalue weighted by molar-refractivity contribution is -0.145. The lowest BCUT2D eigenvalue weighted by Gasteiger charge is -2.23. The van der Waals surface area contributed by atoms with E-state index in [9.17, 15) is 19.2 Å². The first kappa shape index (κ1) is 30.8. The average Bonchev–Trinajstić information content (AvgIpc) is 2.88. The number of hydrogen-bond acceptors (Lipinski definition) is 8. The van der Waals surface area contributed by atoms with Crippen LogP contribution in [0, 0.1) is 0 Å². The first-order valence-electron chi connectivity index (χ1n) is 12.5. The largest absolute Gasteiger partial charge is 0.461 e. The maximum absolute atomic E-state index is 12.9. The Bertz CT molecular complexity index is 1140. The quantitative estimate of drug-likeness (QED) is 0.122. The summed E-state index contributed by atoms with van der Waals surface area (Å²) < 4.78 is 10.6. The van der Waals surface area contributed by atoms with Gasteiger partial charge in [-0.25, -0.2) is 9.59 Å². The van der Waals surface area contributed by atoms with E-state index in [0.29, 0.717) is 12.0 Å². The van der Waals surface area contributed by atoms with E-state index >= 15 is 0 Å². The molecular weight excluding hydrogens is 504 g/mol. The summed E-state index contributed by atoms with van der Waals surface area (Å²) in [7, 11) is 0. The molecule has 11 heteroatoms. The third kappa shape index (κ3) is 12.6. The summed E-state index contributed by atoms with van der Waals surface area (Å²) in [4.78, 5) is 52.8. The zero-order chi connectivity index (χ0) is 28.8. The van der Waals surface area contributed by atoms with Crippen molar-refractivity contribution in [3.05, 3.63) is 71.3 Å². The second-order valence-corrected chi connectivity index (χ2v) is 9.71. The number of amidine groups is 1. The highest BCUT2D eigenvalue weighted by atomic mass is 16.7. The molecule has 2 aromatic rings. The lowest BCUT2D eigenvalue weighted by Crippen LogP contribution is -2.48. The van der Waals surface area contributed by atoms with Gasteiger partial charge in [-0.15, -0.1) is 0 Å². The fourth-order valence-electron chi connectivity index (χ4n) is 3.25. The highest BCUT2D eigenvalue weighted by Gasteiger charge is 2.24. The number of esters is 1. The topological polar surface area (TPSA) is 158 Å². The summed E-state index contributed by atoms with van der Waals surface area (Å²) in [5, 5.41) is 8.91. The average molecular weight is 541 g/mol. The van der Waals surface area contributed by atoms with Crippen molar-refractivity contribution >= 4 is 29.8 Å². The van der Waals surface area contributed by atoms with Crippen LogP contribution in [-0.4, -0.2) is 41.4 Å². The number of benzene rings is 2. The number of carbonyl (C=O) groups is 4. The highest BCUT2D eigenvalue weighted by molar-refractivity contribution is 5.97. The Kier molecular flexibility index (Phi) is 11.9. The van der Waals surface area contributed by atoms with Crippen LogP contribution in [0.2, 0.25) is 0 Å². The second kappa shape index (κ2) is 15.1. The predicted molar refractivity (Wildman–Crippen MR) is 144 cm³/mol. The van der Waals surface area contributed by atoms with Gasteiger partial charge in [0, 0.05) is 25.5 Å². The van der Waals surface area contributed by atoms with Gasteiger partial charge in [0.1, 0.15) is 18.2 Å². The molecule has 0 spiro atoms. The minimum absolute atomic E-state index is 0.0321. The van der Waals surface area contributed by atoms with Crippen molar-refractivity contribution in [2.75, 3.05) is 0 Å². The van der Waals surface area contributed by atoms with E-state index < -0.39 is 35.6 Å². The van der Waals surface area contributed by atoms with Gasteiger partial charge in [-0.1, -0.05) is 59.8 Å². The molecule has 11 nitrogen and oxygen atoms in total. The van der Waals surface area contributed by atoms with E-state index in [-0.39, 0.29) is 31.8 Å². The van der Waals surface area contributed by atoms with Crippen molar-refractivity contribution in [2.45, 2.75) is 71.8 Å². The standard InChI is InChI=1S/C28H36N4O7/c1-19(33)39-32-25(29)22-15-13-20(14-16-22)17-30-26(35)23(31-27(36)38-28(2,3)4)11-8-12-24(34)37-18-21-9-6-5-7-10-21/h5-7,9-10,13-16,23H,8,11-12,17-18H2,1-4H3,(H2,29,32)(H,30,35)(H,31,36). The van der Waals surface area contributed by atoms with E-state index in [1.807, 2.05) is 30.3 Å². The normalized spacial score (nSPS) is 12.2. The molecule has 39 heavy (non-hydrogen) atoms. The molecule has 2 rings (SSSR count). The van der Waals surface area contributed by atoms with Crippen molar-refractivity contribution in [1.29, 1.82) is 0 Å². The summed E-state index contributed by atoms with van der Waals surface area (Å²) in [5.74, 6) is -1.38. The first-order chi connectivity index (χ1) is 18.4. The molecule has 0 aromatic heterocycles. The fourth-order valence-corrected chi connectivity index (χ4v) is 3.25. The summed E-state index contributed by atoms with van der Waals surface area (Å²) >= 11 is 0. The van der Waals surface area contributed by atoms with Crippen LogP contribution < -0.4 is 16.4 Å². The molecule has 2 aromatic carbocycles. The molecule has 0 saturated carbocycles. The van der Waals surface area contributed by atoms with Crippen molar-refractivity contribution in [2.24, 2.45) is 10.9 Å². The summed E-state index contributed by atoms with van der Waals surface area (Å²) in [6.45, 7) is 6.71. The van der Waals surface area contributed by atoms with Crippen molar-refractivity contribution < 1.29 is 33.5 Å². The predicted octanol–water partition coefficient (Wildman–Crippen LogP) is 3.29. The van der Waals surface area contributed by atoms with Gasteiger partial charge in [0.2, 0.25) is 5.91 Å². The number of nitrogens with one attached hydrogen (secondary N) is 2. The zero-order valence-electron chi connectivity index (χ0n) is 22.7. The third-order valence-electron chi connectivity index (χ3n) is 5.11. The smallest absolute Gasteiger partial charge is 0.408 e. The van der Waals surface area contributed by atoms with Crippen LogP contribution in [0.5, 0.6) is 0 Å². The van der Waals surface area contributed by atoms with Crippen LogP contribution in [0.4, 0.5) is 4.79 Å². The molecule has 210 valence electrons. The number of ether oxygens (including phenoxy) is 2. The van der Waals surface area contributed by atoms with E-state index in [4.69, 9.17) is 15.2 Å². The number of hydrogen-bond donors (Lipinski definition) is 3. The molecule has 0 saturated heterocycles. The van der Waals surface area contributed by atoms with Crippen LogP contribution in [0.15, 0.2) is 59.8 Å². The molecule has 0 heterocycles. The molecule has 2 amide bonds. The van der Waals surface area contributed by atoms with Crippen LogP contribution in [0.3, 0.4) is 0 Å². The Morgan fingerprint density at radius 3 is 2.26 bits per heavy atom. The number of oxime groups is 1. The van der Waals surface area contributed by atoms with Crippen LogP contribution >= 0.6 is 0 Å². The minimum atomic E-state index is -0.924. The zero-order valence-corrected chi connectivity index (χ0v) is 22.7. The Morgan fingerprint density at radius 2 is 1.64 bits per heavy atom. The third-order valence-corrected chi connectivity index (χ3v) is 5.11. The Hall–Kier alpha value is -4.41. The van der Waals surface area contributed by atoms with Gasteiger partial charge < -0.3 is 30.7 Å². The molecule has 0 bridgehead atoms. The summed E-state index contributed by atoms with van der Waals surface area (Å²) in [6, 6.07) is 15.2. The van der Waals surface area contributed by atoms with Crippen molar-refractivity contribution in [3.8, 4) is 0 Å². The van der Waals surface area contributed by atoms with E-state index in [0.717, 1.165) is 11.1 Å². The fraction of sp³-hybridized carbons (Fsp3) is 0.393. The number of amides is 2. The van der Waals surface area contributed by atoms with Gasteiger partial charge >= 0.3 is 18.0 Å². The summed E-state index contributed by atoms with van der Waals surface area (Å²) in [6.07, 6.45) is -0.129. The van der Waals surface area contributed by atoms with Gasteiger partial charge in [0.15, 0.2) is 5.84 Å². The molecule has 0 aliphatic carbocycles. The minimum Gasteiger partial charge on any atom is -0.461 e. The molecule has 1 atom stereocenters. The molecule has 1 unspecified atom stereocenters. The maximum atomic E-state index is 12.9. The van der Waals surface area contributed by atoms with Gasteiger partial charge in [0.25, 0.3) is 0 Å². The number of rotatable bonds is 12.